The molecule has 2 nitrogen and oxygen atoms in total. The van der Waals surface area contributed by atoms with Gasteiger partial charge in [-0.3, -0.25) is 4.98 Å². The van der Waals surface area contributed by atoms with Gasteiger partial charge in [0.2, 0.25) is 0 Å². The second kappa shape index (κ2) is 4.87. The number of nitrogens with two attached hydrogens (primary N) is 1. The molecule has 2 aromatic rings. The van der Waals surface area contributed by atoms with E-state index in [4.69, 9.17) is 17.3 Å². The highest BCUT2D eigenvalue weighted by atomic mass is 35.5. The van der Waals surface area contributed by atoms with Crippen molar-refractivity contribution < 1.29 is 0 Å². The Morgan fingerprint density at radius 2 is 2.06 bits per heavy atom. The number of fused-ring (bicyclic) bond motifs is 1. The number of hydrogen-bond donors (Lipinski definition) is 1. The van der Waals surface area contributed by atoms with Gasteiger partial charge in [0.25, 0.3) is 0 Å². The molecule has 1 heterocycles. The van der Waals surface area contributed by atoms with Crippen LogP contribution >= 0.6 is 11.6 Å². The Bertz CT molecular complexity index is 576. The van der Waals surface area contributed by atoms with E-state index in [1.165, 1.54) is 5.56 Å². The molecular formula is C15H19ClN2. The molecule has 2 rings (SSSR count). The highest BCUT2D eigenvalue weighted by Gasteiger charge is 2.18. The van der Waals surface area contributed by atoms with E-state index in [1.807, 2.05) is 12.1 Å². The van der Waals surface area contributed by atoms with Crippen LogP contribution in [0.4, 0.5) is 0 Å². The van der Waals surface area contributed by atoms with Crippen molar-refractivity contribution in [2.75, 3.05) is 6.54 Å². The van der Waals surface area contributed by atoms with Gasteiger partial charge in [0, 0.05) is 11.1 Å². The predicted octanol–water partition coefficient (Wildman–Crippen LogP) is 3.72. The van der Waals surface area contributed by atoms with Crippen molar-refractivity contribution >= 4 is 22.5 Å². The van der Waals surface area contributed by atoms with Crippen LogP contribution in [0, 0.1) is 12.3 Å². The minimum absolute atomic E-state index is 0.0639. The van der Waals surface area contributed by atoms with E-state index in [0.717, 1.165) is 23.0 Å². The predicted molar refractivity (Wildman–Crippen MR) is 78.0 cm³/mol. The van der Waals surface area contributed by atoms with Crippen LogP contribution < -0.4 is 5.73 Å². The van der Waals surface area contributed by atoms with Crippen LogP contribution in [0.2, 0.25) is 5.02 Å². The van der Waals surface area contributed by atoms with Gasteiger partial charge in [-0.1, -0.05) is 37.6 Å². The molecule has 0 aliphatic carbocycles. The quantitative estimate of drug-likeness (QED) is 0.916. The summed E-state index contributed by atoms with van der Waals surface area (Å²) in [5, 5.41) is 1.83. The zero-order valence-corrected chi connectivity index (χ0v) is 11.9. The maximum atomic E-state index is 6.22. The molecule has 0 spiro atoms. The van der Waals surface area contributed by atoms with Gasteiger partial charge in [-0.2, -0.15) is 0 Å². The van der Waals surface area contributed by atoms with Gasteiger partial charge in [-0.25, -0.2) is 0 Å². The van der Waals surface area contributed by atoms with Crippen molar-refractivity contribution in [3.63, 3.8) is 0 Å². The Labute approximate surface area is 113 Å². The summed E-state index contributed by atoms with van der Waals surface area (Å²) in [6, 6.07) is 8.04. The maximum Gasteiger partial charge on any atom is 0.0894 e. The molecule has 0 saturated heterocycles. The first-order chi connectivity index (χ1) is 8.43. The molecule has 0 atom stereocenters. The molecule has 1 aromatic heterocycles. The lowest BCUT2D eigenvalue weighted by Gasteiger charge is -2.22. The van der Waals surface area contributed by atoms with Crippen LogP contribution in [0.5, 0.6) is 0 Å². The second-order valence-corrected chi connectivity index (χ2v) is 6.02. The molecule has 0 aliphatic rings. The summed E-state index contributed by atoms with van der Waals surface area (Å²) in [7, 11) is 0. The van der Waals surface area contributed by atoms with E-state index >= 15 is 0 Å². The Kier molecular flexibility index (Phi) is 3.60. The summed E-state index contributed by atoms with van der Waals surface area (Å²) >= 11 is 6.22. The van der Waals surface area contributed by atoms with Crippen LogP contribution in [0.25, 0.3) is 10.9 Å². The number of pyridine rings is 1. The van der Waals surface area contributed by atoms with Crippen molar-refractivity contribution in [1.29, 1.82) is 0 Å². The zero-order chi connectivity index (χ0) is 13.3. The fourth-order valence-corrected chi connectivity index (χ4v) is 2.32. The molecule has 0 bridgehead atoms. The number of hydrogen-bond acceptors (Lipinski definition) is 2. The average molecular weight is 263 g/mol. The average Bonchev–Trinajstić information content (AvgIpc) is 2.30. The van der Waals surface area contributed by atoms with Crippen LogP contribution in [-0.4, -0.2) is 11.5 Å². The van der Waals surface area contributed by atoms with Gasteiger partial charge in [-0.15, -0.1) is 0 Å². The van der Waals surface area contributed by atoms with E-state index in [2.05, 4.69) is 37.9 Å². The summed E-state index contributed by atoms with van der Waals surface area (Å²) in [6.07, 6.45) is 0.867. The van der Waals surface area contributed by atoms with E-state index in [0.29, 0.717) is 11.6 Å². The molecule has 0 radical (unpaired) electrons. The molecule has 0 amide bonds. The highest BCUT2D eigenvalue weighted by molar-refractivity contribution is 6.35. The summed E-state index contributed by atoms with van der Waals surface area (Å²) in [5.74, 6) is 0. The highest BCUT2D eigenvalue weighted by Crippen LogP contribution is 2.27. The van der Waals surface area contributed by atoms with Gasteiger partial charge >= 0.3 is 0 Å². The van der Waals surface area contributed by atoms with Gasteiger partial charge < -0.3 is 5.73 Å². The number of para-hydroxylation sites is 1. The fourth-order valence-electron chi connectivity index (χ4n) is 2.10. The van der Waals surface area contributed by atoms with Crippen molar-refractivity contribution in [3.8, 4) is 0 Å². The SMILES string of the molecule is Cc1cc(CC(C)(C)CN)nc2c(Cl)cccc12. The van der Waals surface area contributed by atoms with Gasteiger partial charge in [0.1, 0.15) is 0 Å². The summed E-state index contributed by atoms with van der Waals surface area (Å²) < 4.78 is 0. The Balaban J connectivity index is 2.52. The molecular weight excluding hydrogens is 244 g/mol. The standard InChI is InChI=1S/C15H19ClN2/c1-10-7-11(8-15(2,3)9-17)18-14-12(10)5-4-6-13(14)16/h4-7H,8-9,17H2,1-3H3. The fraction of sp³-hybridized carbons (Fsp3) is 0.400. The molecule has 0 aliphatic heterocycles. The lowest BCUT2D eigenvalue weighted by Crippen LogP contribution is -2.26. The normalized spacial score (nSPS) is 12.1. The molecule has 0 fully saturated rings. The smallest absolute Gasteiger partial charge is 0.0894 e. The number of rotatable bonds is 3. The third-order valence-corrected chi connectivity index (χ3v) is 3.57. The molecule has 0 saturated carbocycles. The van der Waals surface area contributed by atoms with Crippen molar-refractivity contribution in [2.45, 2.75) is 27.2 Å². The number of halogens is 1. The number of nitrogens with zero attached hydrogens (tertiary/aromatic N) is 1. The first-order valence-electron chi connectivity index (χ1n) is 6.18. The lowest BCUT2D eigenvalue weighted by atomic mass is 9.87. The topological polar surface area (TPSA) is 38.9 Å². The first-order valence-corrected chi connectivity index (χ1v) is 6.55. The Morgan fingerprint density at radius 3 is 2.72 bits per heavy atom. The van der Waals surface area contributed by atoms with Crippen molar-refractivity contribution in [2.24, 2.45) is 11.1 Å². The summed E-state index contributed by atoms with van der Waals surface area (Å²) in [6.45, 7) is 7.05. The Hall–Kier alpha value is -1.12. The molecule has 1 aromatic carbocycles. The third-order valence-electron chi connectivity index (χ3n) is 3.26. The van der Waals surface area contributed by atoms with Gasteiger partial charge in [0.05, 0.1) is 10.5 Å². The maximum absolute atomic E-state index is 6.22. The van der Waals surface area contributed by atoms with Crippen LogP contribution in [-0.2, 0) is 6.42 Å². The number of benzene rings is 1. The lowest BCUT2D eigenvalue weighted by molar-refractivity contribution is 0.373. The summed E-state index contributed by atoms with van der Waals surface area (Å²) in [5.41, 5.74) is 9.01. The van der Waals surface area contributed by atoms with E-state index < -0.39 is 0 Å². The molecule has 3 heteroatoms. The van der Waals surface area contributed by atoms with Crippen LogP contribution in [0.3, 0.4) is 0 Å². The molecule has 2 N–H and O–H groups in total. The summed E-state index contributed by atoms with van der Waals surface area (Å²) in [4.78, 5) is 4.68. The second-order valence-electron chi connectivity index (χ2n) is 5.61. The zero-order valence-electron chi connectivity index (χ0n) is 11.1. The third kappa shape index (κ3) is 2.65. The van der Waals surface area contributed by atoms with Crippen molar-refractivity contribution in [3.05, 3.63) is 40.5 Å². The van der Waals surface area contributed by atoms with Gasteiger partial charge in [0.15, 0.2) is 0 Å². The first kappa shape index (κ1) is 13.3. The van der Waals surface area contributed by atoms with Crippen LogP contribution in [0.1, 0.15) is 25.1 Å². The van der Waals surface area contributed by atoms with Crippen LogP contribution in [0.15, 0.2) is 24.3 Å². The number of aryl methyl sites for hydroxylation is 1. The van der Waals surface area contributed by atoms with Gasteiger partial charge in [-0.05, 0) is 43.0 Å². The monoisotopic (exact) mass is 262 g/mol. The molecule has 0 unspecified atom stereocenters. The largest absolute Gasteiger partial charge is 0.330 e. The van der Waals surface area contributed by atoms with E-state index in [1.54, 1.807) is 0 Å². The minimum atomic E-state index is 0.0639. The van der Waals surface area contributed by atoms with E-state index in [9.17, 15) is 0 Å². The number of aromatic nitrogens is 1. The minimum Gasteiger partial charge on any atom is -0.330 e. The molecule has 96 valence electrons. The van der Waals surface area contributed by atoms with Crippen molar-refractivity contribution in [1.82, 2.24) is 4.98 Å². The Morgan fingerprint density at radius 1 is 1.33 bits per heavy atom. The molecule has 18 heavy (non-hydrogen) atoms. The van der Waals surface area contributed by atoms with E-state index in [-0.39, 0.29) is 5.41 Å².